The molecule has 1 unspecified atom stereocenters. The number of hydrogen-bond donors (Lipinski definition) is 2. The van der Waals surface area contributed by atoms with E-state index in [1.165, 1.54) is 4.90 Å². The SMILES string of the molecule is NC(=O)COc1cccc(NC(=O)C2CC(=O)N(c3ccccc3Cl)C2)c1. The van der Waals surface area contributed by atoms with Gasteiger partial charge in [0.05, 0.1) is 16.6 Å². The first-order chi connectivity index (χ1) is 12.9. The second-order valence-electron chi connectivity index (χ2n) is 6.13. The zero-order valence-electron chi connectivity index (χ0n) is 14.4. The zero-order valence-corrected chi connectivity index (χ0v) is 15.1. The maximum absolute atomic E-state index is 12.6. The summed E-state index contributed by atoms with van der Waals surface area (Å²) in [4.78, 5) is 37.2. The molecular formula is C19H18ClN3O4. The molecule has 2 aromatic carbocycles. The number of ether oxygens (including phenoxy) is 1. The number of para-hydroxylation sites is 1. The number of nitrogens with zero attached hydrogens (tertiary/aromatic N) is 1. The highest BCUT2D eigenvalue weighted by Crippen LogP contribution is 2.31. The van der Waals surface area contributed by atoms with Gasteiger partial charge in [0.15, 0.2) is 6.61 Å². The first-order valence-electron chi connectivity index (χ1n) is 8.31. The first-order valence-corrected chi connectivity index (χ1v) is 8.69. The zero-order chi connectivity index (χ0) is 19.4. The van der Waals surface area contributed by atoms with Crippen LogP contribution in [0.2, 0.25) is 5.02 Å². The quantitative estimate of drug-likeness (QED) is 0.793. The van der Waals surface area contributed by atoms with Crippen molar-refractivity contribution in [3.8, 4) is 5.75 Å². The molecule has 0 bridgehead atoms. The van der Waals surface area contributed by atoms with Gasteiger partial charge in [0, 0.05) is 24.7 Å². The van der Waals surface area contributed by atoms with Crippen LogP contribution in [0.1, 0.15) is 6.42 Å². The van der Waals surface area contributed by atoms with Crippen LogP contribution in [0, 0.1) is 5.92 Å². The van der Waals surface area contributed by atoms with E-state index >= 15 is 0 Å². The van der Waals surface area contributed by atoms with Crippen LogP contribution in [0.5, 0.6) is 5.75 Å². The lowest BCUT2D eigenvalue weighted by atomic mass is 10.1. The Bertz CT molecular complexity index is 887. The van der Waals surface area contributed by atoms with E-state index in [1.54, 1.807) is 48.5 Å². The monoisotopic (exact) mass is 387 g/mol. The minimum absolute atomic E-state index is 0.106. The van der Waals surface area contributed by atoms with Gasteiger partial charge >= 0.3 is 0 Å². The topological polar surface area (TPSA) is 102 Å². The van der Waals surface area contributed by atoms with Crippen molar-refractivity contribution in [1.29, 1.82) is 0 Å². The Morgan fingerprint density at radius 2 is 2.00 bits per heavy atom. The van der Waals surface area contributed by atoms with Gasteiger partial charge in [-0.15, -0.1) is 0 Å². The number of benzene rings is 2. The van der Waals surface area contributed by atoms with E-state index in [0.29, 0.717) is 22.1 Å². The largest absolute Gasteiger partial charge is 0.484 e. The molecule has 27 heavy (non-hydrogen) atoms. The summed E-state index contributed by atoms with van der Waals surface area (Å²) in [5.74, 6) is -1.10. The van der Waals surface area contributed by atoms with E-state index < -0.39 is 11.8 Å². The van der Waals surface area contributed by atoms with Crippen molar-refractivity contribution in [3.05, 3.63) is 53.6 Å². The van der Waals surface area contributed by atoms with E-state index in [1.807, 2.05) is 0 Å². The molecule has 3 rings (SSSR count). The summed E-state index contributed by atoms with van der Waals surface area (Å²) in [5, 5.41) is 3.24. The van der Waals surface area contributed by atoms with Crippen molar-refractivity contribution in [2.24, 2.45) is 11.7 Å². The van der Waals surface area contributed by atoms with E-state index in [2.05, 4.69) is 5.32 Å². The second kappa shape index (κ2) is 8.09. The van der Waals surface area contributed by atoms with Gasteiger partial charge in [0.1, 0.15) is 5.75 Å². The Morgan fingerprint density at radius 3 is 2.74 bits per heavy atom. The molecule has 2 aromatic rings. The van der Waals surface area contributed by atoms with Gasteiger partial charge in [-0.1, -0.05) is 29.8 Å². The summed E-state index contributed by atoms with van der Waals surface area (Å²) in [5.41, 5.74) is 6.15. The van der Waals surface area contributed by atoms with Crippen molar-refractivity contribution in [2.75, 3.05) is 23.4 Å². The predicted molar refractivity (Wildman–Crippen MR) is 102 cm³/mol. The highest BCUT2D eigenvalue weighted by Gasteiger charge is 2.35. The molecule has 0 spiro atoms. The molecule has 3 N–H and O–H groups in total. The highest BCUT2D eigenvalue weighted by molar-refractivity contribution is 6.33. The molecule has 1 aliphatic heterocycles. The lowest BCUT2D eigenvalue weighted by Gasteiger charge is -2.18. The maximum atomic E-state index is 12.6. The summed E-state index contributed by atoms with van der Waals surface area (Å²) in [7, 11) is 0. The summed E-state index contributed by atoms with van der Waals surface area (Å²) in [6.45, 7) is 0.00753. The van der Waals surface area contributed by atoms with Gasteiger partial charge in [-0.05, 0) is 24.3 Å². The lowest BCUT2D eigenvalue weighted by molar-refractivity contribution is -0.122. The van der Waals surface area contributed by atoms with Gasteiger partial charge < -0.3 is 20.7 Å². The van der Waals surface area contributed by atoms with Crippen LogP contribution in [0.3, 0.4) is 0 Å². The summed E-state index contributed by atoms with van der Waals surface area (Å²) < 4.78 is 5.22. The number of amides is 3. The van der Waals surface area contributed by atoms with Crippen LogP contribution in [0.4, 0.5) is 11.4 Å². The first kappa shape index (κ1) is 18.7. The molecule has 7 nitrogen and oxygen atoms in total. The van der Waals surface area contributed by atoms with Crippen molar-refractivity contribution >= 4 is 40.7 Å². The third-order valence-electron chi connectivity index (χ3n) is 4.12. The average Bonchev–Trinajstić information content (AvgIpc) is 3.02. The number of halogens is 1. The number of rotatable bonds is 6. The van der Waals surface area contributed by atoms with Crippen LogP contribution in [-0.2, 0) is 14.4 Å². The van der Waals surface area contributed by atoms with Crippen molar-refractivity contribution in [2.45, 2.75) is 6.42 Å². The normalized spacial score (nSPS) is 16.3. The molecule has 0 radical (unpaired) electrons. The van der Waals surface area contributed by atoms with Crippen LogP contribution in [0.15, 0.2) is 48.5 Å². The van der Waals surface area contributed by atoms with Crippen molar-refractivity contribution < 1.29 is 19.1 Å². The summed E-state index contributed by atoms with van der Waals surface area (Å²) >= 11 is 6.15. The number of anilines is 2. The maximum Gasteiger partial charge on any atom is 0.255 e. The van der Waals surface area contributed by atoms with Crippen LogP contribution in [0.25, 0.3) is 0 Å². The van der Waals surface area contributed by atoms with Crippen molar-refractivity contribution in [3.63, 3.8) is 0 Å². The Labute approximate surface area is 161 Å². The van der Waals surface area contributed by atoms with Crippen molar-refractivity contribution in [1.82, 2.24) is 0 Å². The molecule has 1 saturated heterocycles. The van der Waals surface area contributed by atoms with E-state index in [4.69, 9.17) is 22.1 Å². The van der Waals surface area contributed by atoms with E-state index in [-0.39, 0.29) is 31.4 Å². The van der Waals surface area contributed by atoms with Gasteiger partial charge in [-0.2, -0.15) is 0 Å². The molecule has 8 heteroatoms. The second-order valence-corrected chi connectivity index (χ2v) is 6.54. The summed E-state index contributed by atoms with van der Waals surface area (Å²) in [6.07, 6.45) is 0.106. The van der Waals surface area contributed by atoms with Crippen LogP contribution >= 0.6 is 11.6 Å². The summed E-state index contributed by atoms with van der Waals surface area (Å²) in [6, 6.07) is 13.6. The molecule has 3 amide bonds. The number of carbonyl (C=O) groups excluding carboxylic acids is 3. The van der Waals surface area contributed by atoms with Gasteiger partial charge in [-0.25, -0.2) is 0 Å². The molecule has 0 aliphatic carbocycles. The number of nitrogens with one attached hydrogen (secondary N) is 1. The minimum Gasteiger partial charge on any atom is -0.484 e. The van der Waals surface area contributed by atoms with Gasteiger partial charge in [0.2, 0.25) is 11.8 Å². The molecule has 0 aromatic heterocycles. The number of carbonyl (C=O) groups is 3. The van der Waals surface area contributed by atoms with E-state index in [9.17, 15) is 14.4 Å². The average molecular weight is 388 g/mol. The Hall–Kier alpha value is -3.06. The van der Waals surface area contributed by atoms with Gasteiger partial charge in [-0.3, -0.25) is 14.4 Å². The fraction of sp³-hybridized carbons (Fsp3) is 0.211. The number of nitrogens with two attached hydrogens (primary N) is 1. The third kappa shape index (κ3) is 4.57. The Kier molecular flexibility index (Phi) is 5.61. The van der Waals surface area contributed by atoms with Gasteiger partial charge in [0.25, 0.3) is 5.91 Å². The Morgan fingerprint density at radius 1 is 1.22 bits per heavy atom. The van der Waals surface area contributed by atoms with E-state index in [0.717, 1.165) is 0 Å². The molecule has 1 atom stereocenters. The molecule has 140 valence electrons. The molecule has 0 saturated carbocycles. The smallest absolute Gasteiger partial charge is 0.255 e. The minimum atomic E-state index is -0.589. The number of primary amides is 1. The standard InChI is InChI=1S/C19H18ClN3O4/c20-15-6-1-2-7-16(15)23-10-12(8-18(23)25)19(26)22-13-4-3-5-14(9-13)27-11-17(21)24/h1-7,9,12H,8,10-11H2,(H2,21,24)(H,22,26). The fourth-order valence-corrected chi connectivity index (χ4v) is 3.09. The Balaban J connectivity index is 1.65. The molecule has 1 heterocycles. The molecule has 1 aliphatic rings. The highest BCUT2D eigenvalue weighted by atomic mass is 35.5. The van der Waals surface area contributed by atoms with Crippen LogP contribution in [-0.4, -0.2) is 30.9 Å². The number of hydrogen-bond acceptors (Lipinski definition) is 4. The van der Waals surface area contributed by atoms with Crippen LogP contribution < -0.4 is 20.7 Å². The predicted octanol–water partition coefficient (Wildman–Crippen LogP) is 2.20. The molecular weight excluding hydrogens is 370 g/mol. The fourth-order valence-electron chi connectivity index (χ4n) is 2.85. The molecule has 1 fully saturated rings. The third-order valence-corrected chi connectivity index (χ3v) is 4.44. The lowest BCUT2D eigenvalue weighted by Crippen LogP contribution is -2.28.